The Balaban J connectivity index is 1.51. The molecular weight excluding hydrogens is 332 g/mol. The molecule has 1 N–H and O–H groups in total. The highest BCUT2D eigenvalue weighted by Crippen LogP contribution is 2.43. The number of amides is 1. The van der Waals surface area contributed by atoms with Gasteiger partial charge in [-0.1, -0.05) is 6.07 Å². The van der Waals surface area contributed by atoms with E-state index in [0.29, 0.717) is 29.8 Å². The number of carbonyl (C=O) groups is 1. The molecule has 2 aromatic rings. The molecule has 26 heavy (non-hydrogen) atoms. The second-order valence-corrected chi connectivity index (χ2v) is 7.12. The van der Waals surface area contributed by atoms with Crippen molar-refractivity contribution in [1.82, 2.24) is 20.0 Å². The van der Waals surface area contributed by atoms with Crippen molar-refractivity contribution >= 4 is 5.91 Å². The van der Waals surface area contributed by atoms with Crippen LogP contribution < -0.4 is 9.47 Å². The van der Waals surface area contributed by atoms with E-state index in [2.05, 4.69) is 15.1 Å². The predicted octanol–water partition coefficient (Wildman–Crippen LogP) is 1.90. The first-order valence-corrected chi connectivity index (χ1v) is 9.17. The van der Waals surface area contributed by atoms with E-state index in [1.807, 2.05) is 23.1 Å². The molecule has 3 saturated heterocycles. The van der Waals surface area contributed by atoms with Crippen LogP contribution in [-0.2, 0) is 6.61 Å². The Morgan fingerprint density at radius 2 is 2.12 bits per heavy atom. The van der Waals surface area contributed by atoms with Crippen LogP contribution in [0, 0.1) is 0 Å². The van der Waals surface area contributed by atoms with Gasteiger partial charge in [0.2, 0.25) is 0 Å². The molecule has 7 heteroatoms. The second-order valence-electron chi connectivity index (χ2n) is 7.12. The van der Waals surface area contributed by atoms with Crippen LogP contribution in [0.1, 0.15) is 28.9 Å². The van der Waals surface area contributed by atoms with Gasteiger partial charge in [0.25, 0.3) is 5.91 Å². The molecular formula is C19H22N4O3. The molecule has 1 aromatic heterocycles. The number of nitrogens with zero attached hydrogens (tertiary/aromatic N) is 3. The van der Waals surface area contributed by atoms with Crippen molar-refractivity contribution in [2.45, 2.75) is 25.5 Å². The fourth-order valence-corrected chi connectivity index (χ4v) is 4.36. The standard InChI is InChI=1S/C19H22N4O3/c1-25-15-4-2-3-13-16-14(11-26-18(13)15)17(21-20-16)19(24)23-10-9-22-7-5-12(23)6-8-22/h2-4,12H,5-11H2,1H3,(H,20,21). The minimum atomic E-state index is 0.0196. The maximum absolute atomic E-state index is 13.3. The summed E-state index contributed by atoms with van der Waals surface area (Å²) < 4.78 is 11.3. The van der Waals surface area contributed by atoms with Crippen LogP contribution in [0.25, 0.3) is 11.3 Å². The van der Waals surface area contributed by atoms with Gasteiger partial charge in [0, 0.05) is 43.3 Å². The molecule has 0 saturated carbocycles. The highest BCUT2D eigenvalue weighted by molar-refractivity contribution is 5.96. The Morgan fingerprint density at radius 3 is 2.92 bits per heavy atom. The maximum atomic E-state index is 13.3. The van der Waals surface area contributed by atoms with E-state index in [1.165, 1.54) is 0 Å². The van der Waals surface area contributed by atoms with E-state index in [1.54, 1.807) is 7.11 Å². The lowest BCUT2D eigenvalue weighted by molar-refractivity contribution is 0.0676. The van der Waals surface area contributed by atoms with Gasteiger partial charge in [-0.3, -0.25) is 9.89 Å². The molecule has 0 radical (unpaired) electrons. The van der Waals surface area contributed by atoms with Crippen molar-refractivity contribution in [3.63, 3.8) is 0 Å². The number of aromatic amines is 1. The number of ether oxygens (including phenoxy) is 2. The van der Waals surface area contributed by atoms with E-state index in [9.17, 15) is 4.79 Å². The lowest BCUT2D eigenvalue weighted by atomic mass is 10.0. The third-order valence-electron chi connectivity index (χ3n) is 5.81. The third kappa shape index (κ3) is 2.30. The van der Waals surface area contributed by atoms with Crippen LogP contribution in [0.4, 0.5) is 0 Å². The topological polar surface area (TPSA) is 70.7 Å². The molecule has 2 bridgehead atoms. The Kier molecular flexibility index (Phi) is 3.63. The van der Waals surface area contributed by atoms with Crippen molar-refractivity contribution in [2.75, 3.05) is 33.3 Å². The van der Waals surface area contributed by atoms with Crippen LogP contribution in [0.2, 0.25) is 0 Å². The van der Waals surface area contributed by atoms with Gasteiger partial charge in [-0.15, -0.1) is 0 Å². The van der Waals surface area contributed by atoms with Gasteiger partial charge in [0.15, 0.2) is 17.2 Å². The van der Waals surface area contributed by atoms with E-state index in [0.717, 1.165) is 55.8 Å². The number of aromatic nitrogens is 2. The smallest absolute Gasteiger partial charge is 0.275 e. The lowest BCUT2D eigenvalue weighted by Gasteiger charge is -2.31. The van der Waals surface area contributed by atoms with Crippen molar-refractivity contribution < 1.29 is 14.3 Å². The largest absolute Gasteiger partial charge is 0.493 e. The summed E-state index contributed by atoms with van der Waals surface area (Å²) in [5, 5.41) is 7.46. The highest BCUT2D eigenvalue weighted by atomic mass is 16.5. The van der Waals surface area contributed by atoms with Crippen LogP contribution in [0.5, 0.6) is 11.5 Å². The van der Waals surface area contributed by atoms with Crippen LogP contribution in [0.3, 0.4) is 0 Å². The van der Waals surface area contributed by atoms with Gasteiger partial charge in [-0.25, -0.2) is 0 Å². The zero-order valence-electron chi connectivity index (χ0n) is 14.8. The molecule has 0 spiro atoms. The van der Waals surface area contributed by atoms with Gasteiger partial charge in [0.1, 0.15) is 6.61 Å². The number of benzene rings is 1. The van der Waals surface area contributed by atoms with E-state index >= 15 is 0 Å². The number of methoxy groups -OCH3 is 1. The van der Waals surface area contributed by atoms with Gasteiger partial charge in [0.05, 0.1) is 12.8 Å². The predicted molar refractivity (Wildman–Crippen MR) is 95.4 cm³/mol. The molecule has 0 atom stereocenters. The minimum absolute atomic E-state index is 0.0196. The molecule has 1 amide bonds. The van der Waals surface area contributed by atoms with Crippen molar-refractivity contribution in [2.24, 2.45) is 0 Å². The first-order valence-electron chi connectivity index (χ1n) is 9.17. The van der Waals surface area contributed by atoms with Gasteiger partial charge >= 0.3 is 0 Å². The number of fused-ring (bicyclic) bond motifs is 7. The number of piperidine rings is 1. The van der Waals surface area contributed by atoms with E-state index in [-0.39, 0.29) is 5.91 Å². The maximum Gasteiger partial charge on any atom is 0.275 e. The average Bonchev–Trinajstić information content (AvgIpc) is 2.90. The molecule has 3 fully saturated rings. The molecule has 0 unspecified atom stereocenters. The van der Waals surface area contributed by atoms with E-state index < -0.39 is 0 Å². The highest BCUT2D eigenvalue weighted by Gasteiger charge is 2.36. The Morgan fingerprint density at radius 1 is 1.27 bits per heavy atom. The second kappa shape index (κ2) is 6.02. The molecule has 136 valence electrons. The molecule has 5 heterocycles. The molecule has 4 aliphatic rings. The van der Waals surface area contributed by atoms with Gasteiger partial charge in [-0.05, 0) is 25.0 Å². The number of rotatable bonds is 2. The number of H-pyrrole nitrogens is 1. The Labute approximate surface area is 151 Å². The molecule has 4 aliphatic heterocycles. The molecule has 1 aromatic carbocycles. The van der Waals surface area contributed by atoms with Gasteiger partial charge in [-0.2, -0.15) is 5.10 Å². The number of hydrogen-bond acceptors (Lipinski definition) is 5. The zero-order chi connectivity index (χ0) is 17.7. The number of carbonyl (C=O) groups excluding carboxylic acids is 1. The Bertz CT molecular complexity index is 854. The number of nitrogens with one attached hydrogen (secondary N) is 1. The van der Waals surface area contributed by atoms with Crippen LogP contribution >= 0.6 is 0 Å². The minimum Gasteiger partial charge on any atom is -0.493 e. The lowest BCUT2D eigenvalue weighted by Crippen LogP contribution is -2.42. The normalized spacial score (nSPS) is 23.7. The van der Waals surface area contributed by atoms with Crippen molar-refractivity contribution in [1.29, 1.82) is 0 Å². The third-order valence-corrected chi connectivity index (χ3v) is 5.81. The first-order chi connectivity index (χ1) is 12.8. The summed E-state index contributed by atoms with van der Waals surface area (Å²) in [5.41, 5.74) is 3.08. The average molecular weight is 354 g/mol. The summed E-state index contributed by atoms with van der Waals surface area (Å²) in [7, 11) is 1.63. The van der Waals surface area contributed by atoms with E-state index in [4.69, 9.17) is 9.47 Å². The van der Waals surface area contributed by atoms with Crippen molar-refractivity contribution in [3.8, 4) is 22.8 Å². The quantitative estimate of drug-likeness (QED) is 0.892. The molecule has 0 aliphatic carbocycles. The summed E-state index contributed by atoms with van der Waals surface area (Å²) >= 11 is 0. The zero-order valence-corrected chi connectivity index (χ0v) is 14.8. The number of hydrogen-bond donors (Lipinski definition) is 1. The molecule has 6 rings (SSSR count). The molecule has 7 nitrogen and oxygen atoms in total. The van der Waals surface area contributed by atoms with Gasteiger partial charge < -0.3 is 19.3 Å². The summed E-state index contributed by atoms with van der Waals surface area (Å²) in [4.78, 5) is 17.7. The summed E-state index contributed by atoms with van der Waals surface area (Å²) in [6, 6.07) is 6.07. The fraction of sp³-hybridized carbons (Fsp3) is 0.474. The van der Waals surface area contributed by atoms with Crippen molar-refractivity contribution in [3.05, 3.63) is 29.5 Å². The Hall–Kier alpha value is -2.54. The fourth-order valence-electron chi connectivity index (χ4n) is 4.36. The summed E-state index contributed by atoms with van der Waals surface area (Å²) in [6.07, 6.45) is 2.10. The monoisotopic (exact) mass is 354 g/mol. The summed E-state index contributed by atoms with van der Waals surface area (Å²) in [6.45, 7) is 4.22. The van der Waals surface area contributed by atoms with Crippen LogP contribution in [0.15, 0.2) is 18.2 Å². The first kappa shape index (κ1) is 15.7. The SMILES string of the molecule is COc1cccc2c1OCc1c(C(=O)N3CCN4CCC3CC4)n[nH]c1-2. The van der Waals surface area contributed by atoms with Crippen LogP contribution in [-0.4, -0.2) is 65.2 Å². The summed E-state index contributed by atoms with van der Waals surface area (Å²) in [5.74, 6) is 1.41. The number of para-hydroxylation sites is 1.